The Morgan fingerprint density at radius 2 is 1.96 bits per heavy atom. The lowest BCUT2D eigenvalue weighted by Gasteiger charge is -2.32. The monoisotopic (exact) mass is 337 g/mol. The summed E-state index contributed by atoms with van der Waals surface area (Å²) >= 11 is 0. The van der Waals surface area contributed by atoms with Crippen molar-refractivity contribution in [1.82, 2.24) is 5.32 Å². The molecule has 24 heavy (non-hydrogen) atoms. The van der Waals surface area contributed by atoms with E-state index in [0.717, 1.165) is 11.3 Å². The molecule has 0 saturated heterocycles. The molecular weight excluding hydrogens is 310 g/mol. The number of carbonyl (C=O) groups is 2. The average Bonchev–Trinajstić information content (AvgIpc) is 2.58. The van der Waals surface area contributed by atoms with Gasteiger partial charge in [0.15, 0.2) is 0 Å². The van der Waals surface area contributed by atoms with Crippen LogP contribution in [-0.2, 0) is 20.9 Å². The van der Waals surface area contributed by atoms with E-state index in [4.69, 9.17) is 14.6 Å². The topological polar surface area (TPSA) is 84.9 Å². The molecule has 1 aromatic carbocycles. The highest BCUT2D eigenvalue weighted by Crippen LogP contribution is 2.20. The van der Waals surface area contributed by atoms with Gasteiger partial charge in [0.2, 0.25) is 5.91 Å². The maximum absolute atomic E-state index is 12.3. The third-order valence-electron chi connectivity index (χ3n) is 4.23. The molecule has 6 heteroatoms. The van der Waals surface area contributed by atoms with Gasteiger partial charge in [-0.3, -0.25) is 9.59 Å². The van der Waals surface area contributed by atoms with E-state index in [0.29, 0.717) is 12.8 Å². The molecule has 2 N–H and O–H groups in total. The van der Waals surface area contributed by atoms with Gasteiger partial charge < -0.3 is 19.9 Å². The van der Waals surface area contributed by atoms with Crippen LogP contribution in [0.25, 0.3) is 0 Å². The summed E-state index contributed by atoms with van der Waals surface area (Å²) < 4.78 is 10.8. The Labute approximate surface area is 143 Å². The van der Waals surface area contributed by atoms with Crippen LogP contribution < -0.4 is 10.1 Å². The third-order valence-corrected chi connectivity index (χ3v) is 4.23. The number of ether oxygens (including phenoxy) is 2. The van der Waals surface area contributed by atoms with Gasteiger partial charge in [-0.25, -0.2) is 0 Å². The number of benzene rings is 1. The molecule has 0 saturated carbocycles. The number of methoxy groups -OCH3 is 1. The summed E-state index contributed by atoms with van der Waals surface area (Å²) in [6.07, 6.45) is 0.310. The first-order valence-electron chi connectivity index (χ1n) is 8.14. The zero-order chi connectivity index (χ0) is 18.2. The first-order chi connectivity index (χ1) is 11.4. The number of amides is 1. The highest BCUT2D eigenvalue weighted by Gasteiger charge is 2.32. The smallest absolute Gasteiger partial charge is 0.305 e. The molecule has 134 valence electrons. The fourth-order valence-electron chi connectivity index (χ4n) is 2.43. The SMILES string of the molecule is CCC(CC)(CC(=O)O)NC(=O)C(C)OCc1cccc(OC)c1. The number of carboxylic acid groups (broad SMARTS) is 1. The van der Waals surface area contributed by atoms with Crippen LogP contribution in [0.4, 0.5) is 0 Å². The van der Waals surface area contributed by atoms with Crippen LogP contribution in [0.2, 0.25) is 0 Å². The van der Waals surface area contributed by atoms with E-state index in [2.05, 4.69) is 5.32 Å². The van der Waals surface area contributed by atoms with Crippen molar-refractivity contribution in [3.05, 3.63) is 29.8 Å². The normalized spacial score (nSPS) is 12.5. The zero-order valence-electron chi connectivity index (χ0n) is 14.8. The second-order valence-corrected chi connectivity index (χ2v) is 5.85. The first kappa shape index (κ1) is 20.0. The van der Waals surface area contributed by atoms with Gasteiger partial charge in [0, 0.05) is 0 Å². The quantitative estimate of drug-likeness (QED) is 0.686. The summed E-state index contributed by atoms with van der Waals surface area (Å²) in [6.45, 7) is 5.67. The minimum atomic E-state index is -0.927. The van der Waals surface area contributed by atoms with Crippen molar-refractivity contribution in [2.24, 2.45) is 0 Å². The van der Waals surface area contributed by atoms with Gasteiger partial charge in [-0.15, -0.1) is 0 Å². The van der Waals surface area contributed by atoms with Gasteiger partial charge >= 0.3 is 5.97 Å². The summed E-state index contributed by atoms with van der Waals surface area (Å²) in [5.41, 5.74) is 0.160. The van der Waals surface area contributed by atoms with Crippen LogP contribution in [0.15, 0.2) is 24.3 Å². The van der Waals surface area contributed by atoms with E-state index >= 15 is 0 Å². The standard InChI is InChI=1S/C18H27NO5/c1-5-18(6-2,11-16(20)21)19-17(22)13(3)24-12-14-8-7-9-15(10-14)23-4/h7-10,13H,5-6,11-12H2,1-4H3,(H,19,22)(H,20,21). The second-order valence-electron chi connectivity index (χ2n) is 5.85. The van der Waals surface area contributed by atoms with E-state index in [1.807, 2.05) is 38.1 Å². The van der Waals surface area contributed by atoms with Gasteiger partial charge in [-0.1, -0.05) is 26.0 Å². The lowest BCUT2D eigenvalue weighted by atomic mass is 9.88. The van der Waals surface area contributed by atoms with Crippen LogP contribution in [0.3, 0.4) is 0 Å². The Morgan fingerprint density at radius 3 is 2.50 bits per heavy atom. The van der Waals surface area contributed by atoms with Crippen molar-refractivity contribution in [2.45, 2.75) is 58.3 Å². The molecule has 1 aromatic rings. The maximum Gasteiger partial charge on any atom is 0.305 e. The molecule has 0 spiro atoms. The number of hydrogen-bond donors (Lipinski definition) is 2. The second kappa shape index (κ2) is 9.27. The van der Waals surface area contributed by atoms with E-state index in [9.17, 15) is 9.59 Å². The molecule has 1 unspecified atom stereocenters. The predicted octanol–water partition coefficient (Wildman–Crippen LogP) is 2.75. The van der Waals surface area contributed by atoms with Gasteiger partial charge in [0.25, 0.3) is 0 Å². The summed E-state index contributed by atoms with van der Waals surface area (Å²) in [6, 6.07) is 7.42. The molecule has 0 bridgehead atoms. The Bertz CT molecular complexity index is 554. The minimum Gasteiger partial charge on any atom is -0.497 e. The zero-order valence-corrected chi connectivity index (χ0v) is 14.8. The molecule has 1 amide bonds. The Hall–Kier alpha value is -2.08. The van der Waals surface area contributed by atoms with Crippen LogP contribution >= 0.6 is 0 Å². The molecule has 0 heterocycles. The third kappa shape index (κ3) is 5.85. The van der Waals surface area contributed by atoms with Crippen molar-refractivity contribution < 1.29 is 24.2 Å². The molecule has 0 aliphatic heterocycles. The van der Waals surface area contributed by atoms with Gasteiger partial charge in [0.05, 0.1) is 25.7 Å². The number of carbonyl (C=O) groups excluding carboxylic acids is 1. The van der Waals surface area contributed by atoms with Crippen LogP contribution in [0.1, 0.15) is 45.6 Å². The molecular formula is C18H27NO5. The lowest BCUT2D eigenvalue weighted by molar-refractivity contribution is -0.140. The van der Waals surface area contributed by atoms with Crippen molar-refractivity contribution in [3.63, 3.8) is 0 Å². The average molecular weight is 337 g/mol. The van der Waals surface area contributed by atoms with Gasteiger partial charge in [-0.05, 0) is 37.5 Å². The molecule has 0 radical (unpaired) electrons. The first-order valence-corrected chi connectivity index (χ1v) is 8.14. The maximum atomic E-state index is 12.3. The van der Waals surface area contributed by atoms with Gasteiger partial charge in [0.1, 0.15) is 11.9 Å². The molecule has 1 atom stereocenters. The number of aliphatic carboxylic acids is 1. The summed E-state index contributed by atoms with van der Waals surface area (Å²) in [7, 11) is 1.59. The van der Waals surface area contributed by atoms with E-state index < -0.39 is 17.6 Å². The van der Waals surface area contributed by atoms with Crippen LogP contribution in [0.5, 0.6) is 5.75 Å². The Morgan fingerprint density at radius 1 is 1.29 bits per heavy atom. The molecule has 0 fully saturated rings. The number of carboxylic acids is 1. The van der Waals surface area contributed by atoms with E-state index in [1.165, 1.54) is 0 Å². The Balaban J connectivity index is 2.64. The fourth-order valence-corrected chi connectivity index (χ4v) is 2.43. The van der Waals surface area contributed by atoms with Crippen LogP contribution in [-0.4, -0.2) is 35.7 Å². The van der Waals surface area contributed by atoms with Crippen molar-refractivity contribution in [1.29, 1.82) is 0 Å². The van der Waals surface area contributed by atoms with Crippen LogP contribution in [0, 0.1) is 0 Å². The predicted molar refractivity (Wildman–Crippen MR) is 91.0 cm³/mol. The van der Waals surface area contributed by atoms with Crippen molar-refractivity contribution in [2.75, 3.05) is 7.11 Å². The highest BCUT2D eigenvalue weighted by molar-refractivity contribution is 5.82. The lowest BCUT2D eigenvalue weighted by Crippen LogP contribution is -2.52. The largest absolute Gasteiger partial charge is 0.497 e. The van der Waals surface area contributed by atoms with Crippen molar-refractivity contribution in [3.8, 4) is 5.75 Å². The molecule has 0 aliphatic carbocycles. The molecule has 6 nitrogen and oxygen atoms in total. The highest BCUT2D eigenvalue weighted by atomic mass is 16.5. The van der Waals surface area contributed by atoms with E-state index in [1.54, 1.807) is 14.0 Å². The number of hydrogen-bond acceptors (Lipinski definition) is 4. The summed E-state index contributed by atoms with van der Waals surface area (Å²) in [4.78, 5) is 23.4. The molecule has 0 aromatic heterocycles. The number of nitrogens with one attached hydrogen (secondary N) is 1. The summed E-state index contributed by atoms with van der Waals surface area (Å²) in [5, 5.41) is 11.9. The number of rotatable bonds is 10. The minimum absolute atomic E-state index is 0.103. The molecule has 1 rings (SSSR count). The van der Waals surface area contributed by atoms with Crippen molar-refractivity contribution >= 4 is 11.9 Å². The molecule has 0 aliphatic rings. The van der Waals surface area contributed by atoms with Gasteiger partial charge in [-0.2, -0.15) is 0 Å². The Kier molecular flexibility index (Phi) is 7.71. The van der Waals surface area contributed by atoms with E-state index in [-0.39, 0.29) is 18.9 Å². The fraction of sp³-hybridized carbons (Fsp3) is 0.556. The summed E-state index contributed by atoms with van der Waals surface area (Å²) in [5.74, 6) is -0.502.